The Kier molecular flexibility index (Phi) is 6.64. The van der Waals surface area contributed by atoms with Crippen LogP contribution in [0.5, 0.6) is 5.75 Å². The lowest BCUT2D eigenvalue weighted by Crippen LogP contribution is -2.25. The van der Waals surface area contributed by atoms with Crippen LogP contribution in [0, 0.1) is 12.8 Å². The molecule has 2 aromatic carbocycles. The summed E-state index contributed by atoms with van der Waals surface area (Å²) in [4.78, 5) is 23.4. The van der Waals surface area contributed by atoms with Gasteiger partial charge in [0.2, 0.25) is 5.91 Å². The van der Waals surface area contributed by atoms with Gasteiger partial charge in [-0.1, -0.05) is 37.6 Å². The Hall–Kier alpha value is -2.53. The summed E-state index contributed by atoms with van der Waals surface area (Å²) in [6, 6.07) is 12.4. The molecule has 138 valence electrons. The van der Waals surface area contributed by atoms with Crippen LogP contribution in [-0.4, -0.2) is 23.6 Å². The third-order valence-corrected chi connectivity index (χ3v) is 4.21. The van der Waals surface area contributed by atoms with Crippen LogP contribution in [0.1, 0.15) is 30.9 Å². The molecule has 5 nitrogen and oxygen atoms in total. The fourth-order valence-electron chi connectivity index (χ4n) is 2.76. The molecule has 2 aromatic rings. The molecule has 0 saturated heterocycles. The second-order valence-corrected chi connectivity index (χ2v) is 6.86. The maximum atomic E-state index is 12.9. The molecule has 26 heavy (non-hydrogen) atoms. The number of hydrogen-bond donors (Lipinski definition) is 2. The number of halogens is 1. The summed E-state index contributed by atoms with van der Waals surface area (Å²) in [5.74, 6) is -0.966. The van der Waals surface area contributed by atoms with Gasteiger partial charge in [-0.15, -0.1) is 0 Å². The fraction of sp³-hybridized carbons (Fsp3) is 0.300. The van der Waals surface area contributed by atoms with Crippen LogP contribution in [0.3, 0.4) is 0 Å². The average Bonchev–Trinajstić information content (AvgIpc) is 2.55. The van der Waals surface area contributed by atoms with Gasteiger partial charge < -0.3 is 15.2 Å². The van der Waals surface area contributed by atoms with Crippen molar-refractivity contribution in [3.8, 4) is 5.75 Å². The topological polar surface area (TPSA) is 75.6 Å². The molecule has 0 aliphatic carbocycles. The maximum Gasteiger partial charge on any atom is 0.341 e. The molecule has 6 heteroatoms. The predicted octanol–water partition coefficient (Wildman–Crippen LogP) is 4.49. The van der Waals surface area contributed by atoms with Crippen LogP contribution in [0.4, 0.5) is 5.69 Å². The van der Waals surface area contributed by atoms with Crippen LogP contribution in [0.25, 0.3) is 0 Å². The number of aliphatic carboxylic acids is 1. The van der Waals surface area contributed by atoms with Crippen molar-refractivity contribution in [1.82, 2.24) is 0 Å². The number of anilines is 1. The lowest BCUT2D eigenvalue weighted by Gasteiger charge is -2.22. The monoisotopic (exact) mass is 375 g/mol. The summed E-state index contributed by atoms with van der Waals surface area (Å²) in [7, 11) is 0. The first-order chi connectivity index (χ1) is 12.3. The van der Waals surface area contributed by atoms with E-state index in [1.807, 2.05) is 39.0 Å². The Morgan fingerprint density at radius 1 is 1.19 bits per heavy atom. The minimum atomic E-state index is -1.04. The van der Waals surface area contributed by atoms with Gasteiger partial charge >= 0.3 is 5.97 Å². The van der Waals surface area contributed by atoms with E-state index >= 15 is 0 Å². The molecule has 0 aliphatic heterocycles. The molecular weight excluding hydrogens is 354 g/mol. The van der Waals surface area contributed by atoms with E-state index in [0.29, 0.717) is 16.5 Å². The van der Waals surface area contributed by atoms with Crippen molar-refractivity contribution in [1.29, 1.82) is 0 Å². The van der Waals surface area contributed by atoms with E-state index < -0.39 is 12.6 Å². The van der Waals surface area contributed by atoms with Crippen molar-refractivity contribution in [2.45, 2.75) is 26.7 Å². The second kappa shape index (κ2) is 8.72. The number of nitrogens with one attached hydrogen (secondary N) is 1. The molecule has 0 heterocycles. The van der Waals surface area contributed by atoms with Gasteiger partial charge in [0, 0.05) is 10.7 Å². The highest BCUT2D eigenvalue weighted by Crippen LogP contribution is 2.29. The second-order valence-electron chi connectivity index (χ2n) is 6.43. The first-order valence-corrected chi connectivity index (χ1v) is 8.67. The number of ether oxygens (including phenoxy) is 1. The summed E-state index contributed by atoms with van der Waals surface area (Å²) in [6.45, 7) is 5.39. The number of carboxylic acid groups (broad SMARTS) is 1. The van der Waals surface area contributed by atoms with E-state index in [2.05, 4.69) is 5.32 Å². The third kappa shape index (κ3) is 5.23. The van der Waals surface area contributed by atoms with Gasteiger partial charge in [-0.3, -0.25) is 4.79 Å². The summed E-state index contributed by atoms with van der Waals surface area (Å²) in [5, 5.41) is 12.2. The largest absolute Gasteiger partial charge is 0.482 e. The van der Waals surface area contributed by atoms with Crippen LogP contribution in [0.2, 0.25) is 5.02 Å². The first-order valence-electron chi connectivity index (χ1n) is 8.29. The van der Waals surface area contributed by atoms with Crippen molar-refractivity contribution in [3.63, 3.8) is 0 Å². The summed E-state index contributed by atoms with van der Waals surface area (Å²) in [5.41, 5.74) is 2.31. The molecule has 0 radical (unpaired) electrons. The first kappa shape index (κ1) is 19.8. The number of carbonyl (C=O) groups is 2. The summed E-state index contributed by atoms with van der Waals surface area (Å²) >= 11 is 6.07. The quantitative estimate of drug-likeness (QED) is 0.747. The highest BCUT2D eigenvalue weighted by Gasteiger charge is 2.25. The van der Waals surface area contributed by atoms with Gasteiger partial charge in [0.05, 0.1) is 5.92 Å². The number of rotatable bonds is 7. The lowest BCUT2D eigenvalue weighted by atomic mass is 9.87. The molecule has 1 unspecified atom stereocenters. The normalized spacial score (nSPS) is 11.9. The van der Waals surface area contributed by atoms with Crippen LogP contribution >= 0.6 is 11.6 Å². The number of benzene rings is 2. The van der Waals surface area contributed by atoms with E-state index in [1.54, 1.807) is 24.3 Å². The Morgan fingerprint density at radius 2 is 1.92 bits per heavy atom. The van der Waals surface area contributed by atoms with Crippen molar-refractivity contribution in [2.24, 2.45) is 5.92 Å². The number of carboxylic acids is 1. The van der Waals surface area contributed by atoms with Gasteiger partial charge in [-0.05, 0) is 54.3 Å². The molecule has 0 aliphatic rings. The molecule has 0 saturated carbocycles. The average molecular weight is 376 g/mol. The molecular formula is C20H22ClNO4. The predicted molar refractivity (Wildman–Crippen MR) is 102 cm³/mol. The Morgan fingerprint density at radius 3 is 2.50 bits per heavy atom. The zero-order chi connectivity index (χ0) is 19.3. The number of hydrogen-bond acceptors (Lipinski definition) is 3. The third-order valence-electron chi connectivity index (χ3n) is 3.97. The molecule has 1 atom stereocenters. The minimum Gasteiger partial charge on any atom is -0.482 e. The van der Waals surface area contributed by atoms with Gasteiger partial charge in [0.25, 0.3) is 0 Å². The van der Waals surface area contributed by atoms with Gasteiger partial charge in [0.15, 0.2) is 6.61 Å². The highest BCUT2D eigenvalue weighted by molar-refractivity contribution is 6.30. The van der Waals surface area contributed by atoms with Gasteiger partial charge in [-0.2, -0.15) is 0 Å². The summed E-state index contributed by atoms with van der Waals surface area (Å²) in [6.07, 6.45) is 0. The Balaban J connectivity index is 2.17. The molecule has 2 rings (SSSR count). The highest BCUT2D eigenvalue weighted by atomic mass is 35.5. The van der Waals surface area contributed by atoms with Gasteiger partial charge in [0.1, 0.15) is 5.75 Å². The molecule has 1 amide bonds. The van der Waals surface area contributed by atoms with Crippen LogP contribution in [-0.2, 0) is 9.59 Å². The smallest absolute Gasteiger partial charge is 0.341 e. The van der Waals surface area contributed by atoms with Crippen LogP contribution < -0.4 is 10.1 Å². The SMILES string of the molecule is Cc1cc(OCC(=O)O)ccc1NC(=O)C(c1cccc(Cl)c1)C(C)C. The molecule has 0 spiro atoms. The van der Waals surface area contributed by atoms with Crippen molar-refractivity contribution < 1.29 is 19.4 Å². The number of amides is 1. The van der Waals surface area contributed by atoms with E-state index in [-0.39, 0.29) is 17.7 Å². The van der Waals surface area contributed by atoms with Crippen molar-refractivity contribution in [2.75, 3.05) is 11.9 Å². The number of carbonyl (C=O) groups excluding carboxylic acids is 1. The summed E-state index contributed by atoms with van der Waals surface area (Å²) < 4.78 is 5.15. The fourth-order valence-corrected chi connectivity index (χ4v) is 2.96. The van der Waals surface area contributed by atoms with E-state index in [0.717, 1.165) is 11.1 Å². The maximum absolute atomic E-state index is 12.9. The van der Waals surface area contributed by atoms with Crippen LogP contribution in [0.15, 0.2) is 42.5 Å². The Labute approximate surface area is 157 Å². The van der Waals surface area contributed by atoms with E-state index in [1.165, 1.54) is 0 Å². The lowest BCUT2D eigenvalue weighted by molar-refractivity contribution is -0.139. The zero-order valence-electron chi connectivity index (χ0n) is 15.0. The van der Waals surface area contributed by atoms with Gasteiger partial charge in [-0.25, -0.2) is 4.79 Å². The standard InChI is InChI=1S/C20H22ClNO4/c1-12(2)19(14-5-4-6-15(21)10-14)20(25)22-17-8-7-16(9-13(17)3)26-11-18(23)24/h4-10,12,19H,11H2,1-3H3,(H,22,25)(H,23,24). The molecule has 0 bridgehead atoms. The van der Waals surface area contributed by atoms with Crippen molar-refractivity contribution in [3.05, 3.63) is 58.6 Å². The molecule has 0 aromatic heterocycles. The van der Waals surface area contributed by atoms with Crippen molar-refractivity contribution >= 4 is 29.2 Å². The number of aryl methyl sites for hydroxylation is 1. The Bertz CT molecular complexity index is 804. The van der Waals surface area contributed by atoms with E-state index in [9.17, 15) is 9.59 Å². The minimum absolute atomic E-state index is 0.0898. The van der Waals surface area contributed by atoms with E-state index in [4.69, 9.17) is 21.4 Å². The molecule has 2 N–H and O–H groups in total. The zero-order valence-corrected chi connectivity index (χ0v) is 15.7. The molecule has 0 fully saturated rings.